The SMILES string of the molecule is CC(C)c1ccccc1OCC(=O)Nc1ccccc1NC(=O)COc1ccc(F)cc1. The van der Waals surface area contributed by atoms with E-state index in [0.717, 1.165) is 5.56 Å². The number of rotatable bonds is 9. The second kappa shape index (κ2) is 10.9. The molecule has 2 amide bonds. The van der Waals surface area contributed by atoms with E-state index >= 15 is 0 Å². The van der Waals surface area contributed by atoms with Gasteiger partial charge in [-0.1, -0.05) is 44.2 Å². The van der Waals surface area contributed by atoms with Gasteiger partial charge in [0.25, 0.3) is 11.8 Å². The van der Waals surface area contributed by atoms with Crippen molar-refractivity contribution in [3.8, 4) is 11.5 Å². The Balaban J connectivity index is 1.56. The molecular formula is C25H25FN2O4. The van der Waals surface area contributed by atoms with Gasteiger partial charge in [-0.15, -0.1) is 0 Å². The summed E-state index contributed by atoms with van der Waals surface area (Å²) in [5.74, 6) is 0.149. The van der Waals surface area contributed by atoms with Crippen molar-refractivity contribution in [3.05, 3.63) is 84.2 Å². The van der Waals surface area contributed by atoms with Crippen molar-refractivity contribution in [3.63, 3.8) is 0 Å². The molecule has 0 spiro atoms. The summed E-state index contributed by atoms with van der Waals surface area (Å²) < 4.78 is 24.0. The Kier molecular flexibility index (Phi) is 7.80. The molecule has 0 saturated heterocycles. The third-order valence-electron chi connectivity index (χ3n) is 4.56. The third kappa shape index (κ3) is 6.57. The van der Waals surface area contributed by atoms with Crippen LogP contribution in [0.1, 0.15) is 25.3 Å². The molecule has 0 aliphatic heterocycles. The minimum Gasteiger partial charge on any atom is -0.484 e. The van der Waals surface area contributed by atoms with Crippen molar-refractivity contribution in [2.24, 2.45) is 0 Å². The first kappa shape index (κ1) is 22.8. The van der Waals surface area contributed by atoms with Gasteiger partial charge in [0, 0.05) is 0 Å². The molecule has 7 heteroatoms. The average Bonchev–Trinajstić information content (AvgIpc) is 2.79. The molecule has 0 saturated carbocycles. The van der Waals surface area contributed by atoms with E-state index in [4.69, 9.17) is 9.47 Å². The highest BCUT2D eigenvalue weighted by Gasteiger charge is 2.12. The molecule has 0 aromatic heterocycles. The summed E-state index contributed by atoms with van der Waals surface area (Å²) in [7, 11) is 0. The summed E-state index contributed by atoms with van der Waals surface area (Å²) in [6.45, 7) is 3.69. The molecular weight excluding hydrogens is 411 g/mol. The molecule has 0 fully saturated rings. The summed E-state index contributed by atoms with van der Waals surface area (Å²) in [6, 6.07) is 19.8. The van der Waals surface area contributed by atoms with Crippen molar-refractivity contribution >= 4 is 23.2 Å². The van der Waals surface area contributed by atoms with Crippen LogP contribution in [0.2, 0.25) is 0 Å². The molecule has 0 bridgehead atoms. The van der Waals surface area contributed by atoms with E-state index in [2.05, 4.69) is 24.5 Å². The number of amides is 2. The minimum absolute atomic E-state index is 0.167. The lowest BCUT2D eigenvalue weighted by atomic mass is 10.0. The zero-order chi connectivity index (χ0) is 22.9. The van der Waals surface area contributed by atoms with E-state index in [9.17, 15) is 14.0 Å². The Bertz CT molecular complexity index is 1070. The molecule has 3 rings (SSSR count). The molecule has 6 nitrogen and oxygen atoms in total. The second-order valence-electron chi connectivity index (χ2n) is 7.37. The average molecular weight is 436 g/mol. The van der Waals surface area contributed by atoms with Crippen molar-refractivity contribution in [1.82, 2.24) is 0 Å². The molecule has 0 radical (unpaired) electrons. The van der Waals surface area contributed by atoms with Gasteiger partial charge < -0.3 is 20.1 Å². The van der Waals surface area contributed by atoms with Crippen LogP contribution in [0.4, 0.5) is 15.8 Å². The molecule has 166 valence electrons. The maximum Gasteiger partial charge on any atom is 0.262 e. The van der Waals surface area contributed by atoms with Gasteiger partial charge in [0.2, 0.25) is 0 Å². The molecule has 0 aliphatic carbocycles. The first-order valence-corrected chi connectivity index (χ1v) is 10.2. The molecule has 0 heterocycles. The zero-order valence-corrected chi connectivity index (χ0v) is 17.9. The fourth-order valence-electron chi connectivity index (χ4n) is 2.99. The topological polar surface area (TPSA) is 76.7 Å². The first-order chi connectivity index (χ1) is 15.4. The number of carbonyl (C=O) groups excluding carboxylic acids is 2. The van der Waals surface area contributed by atoms with Gasteiger partial charge in [-0.25, -0.2) is 4.39 Å². The maximum absolute atomic E-state index is 12.9. The van der Waals surface area contributed by atoms with Gasteiger partial charge >= 0.3 is 0 Å². The summed E-state index contributed by atoms with van der Waals surface area (Å²) in [5.41, 5.74) is 1.89. The number of para-hydroxylation sites is 3. The van der Waals surface area contributed by atoms with Crippen LogP contribution in [0.25, 0.3) is 0 Å². The minimum atomic E-state index is -0.418. The van der Waals surface area contributed by atoms with Crippen LogP contribution in [0, 0.1) is 5.82 Å². The van der Waals surface area contributed by atoms with E-state index < -0.39 is 5.91 Å². The van der Waals surface area contributed by atoms with Gasteiger partial charge in [-0.3, -0.25) is 9.59 Å². The number of benzene rings is 3. The number of hydrogen-bond acceptors (Lipinski definition) is 4. The molecule has 2 N–H and O–H groups in total. The van der Waals surface area contributed by atoms with Crippen LogP contribution in [-0.4, -0.2) is 25.0 Å². The smallest absolute Gasteiger partial charge is 0.262 e. The quantitative estimate of drug-likeness (QED) is 0.496. The van der Waals surface area contributed by atoms with E-state index in [0.29, 0.717) is 22.9 Å². The summed E-state index contributed by atoms with van der Waals surface area (Å²) in [6.07, 6.45) is 0. The summed E-state index contributed by atoms with van der Waals surface area (Å²) in [5, 5.41) is 5.46. The maximum atomic E-state index is 12.9. The lowest BCUT2D eigenvalue weighted by molar-refractivity contribution is -0.119. The third-order valence-corrected chi connectivity index (χ3v) is 4.56. The van der Waals surface area contributed by atoms with E-state index in [1.54, 1.807) is 24.3 Å². The zero-order valence-electron chi connectivity index (χ0n) is 17.9. The van der Waals surface area contributed by atoms with E-state index in [1.807, 2.05) is 24.3 Å². The van der Waals surface area contributed by atoms with Gasteiger partial charge in [-0.05, 0) is 53.9 Å². The molecule has 32 heavy (non-hydrogen) atoms. The largest absolute Gasteiger partial charge is 0.484 e. The highest BCUT2D eigenvalue weighted by atomic mass is 19.1. The van der Waals surface area contributed by atoms with Crippen LogP contribution in [-0.2, 0) is 9.59 Å². The number of nitrogens with one attached hydrogen (secondary N) is 2. The van der Waals surface area contributed by atoms with Crippen molar-refractivity contribution in [1.29, 1.82) is 0 Å². The predicted octanol–water partition coefficient (Wildman–Crippen LogP) is 4.98. The Hall–Kier alpha value is -3.87. The Morgan fingerprint density at radius 2 is 1.31 bits per heavy atom. The van der Waals surface area contributed by atoms with Crippen LogP contribution in [0.5, 0.6) is 11.5 Å². The monoisotopic (exact) mass is 436 g/mol. The van der Waals surface area contributed by atoms with E-state index in [1.165, 1.54) is 24.3 Å². The molecule has 0 atom stereocenters. The normalized spacial score (nSPS) is 10.5. The standard InChI is InChI=1S/C25H25FN2O4/c1-17(2)20-7-3-6-10-23(20)32-16-25(30)28-22-9-5-4-8-21(22)27-24(29)15-31-19-13-11-18(26)12-14-19/h3-14,17H,15-16H2,1-2H3,(H,27,29)(H,28,30). The van der Waals surface area contributed by atoms with Crippen molar-refractivity contribution in [2.75, 3.05) is 23.8 Å². The number of ether oxygens (including phenoxy) is 2. The summed E-state index contributed by atoms with van der Waals surface area (Å²) in [4.78, 5) is 24.7. The lowest BCUT2D eigenvalue weighted by Gasteiger charge is -2.15. The molecule has 3 aromatic rings. The van der Waals surface area contributed by atoms with Gasteiger partial charge in [-0.2, -0.15) is 0 Å². The van der Waals surface area contributed by atoms with Crippen molar-refractivity contribution < 1.29 is 23.5 Å². The fourth-order valence-corrected chi connectivity index (χ4v) is 2.99. The number of anilines is 2. The highest BCUT2D eigenvalue weighted by molar-refractivity contribution is 6.00. The van der Waals surface area contributed by atoms with Crippen LogP contribution >= 0.6 is 0 Å². The predicted molar refractivity (Wildman–Crippen MR) is 122 cm³/mol. The van der Waals surface area contributed by atoms with Gasteiger partial charge in [0.05, 0.1) is 11.4 Å². The fraction of sp³-hybridized carbons (Fsp3) is 0.200. The van der Waals surface area contributed by atoms with Gasteiger partial charge in [0.1, 0.15) is 17.3 Å². The van der Waals surface area contributed by atoms with Crippen molar-refractivity contribution in [2.45, 2.75) is 19.8 Å². The van der Waals surface area contributed by atoms with Crippen LogP contribution in [0.3, 0.4) is 0 Å². The Labute approximate surface area is 186 Å². The Morgan fingerprint density at radius 3 is 1.91 bits per heavy atom. The molecule has 0 unspecified atom stereocenters. The van der Waals surface area contributed by atoms with Gasteiger partial charge in [0.15, 0.2) is 13.2 Å². The second-order valence-corrected chi connectivity index (χ2v) is 7.37. The molecule has 0 aliphatic rings. The van der Waals surface area contributed by atoms with Crippen LogP contribution in [0.15, 0.2) is 72.8 Å². The Morgan fingerprint density at radius 1 is 0.781 bits per heavy atom. The summed E-state index contributed by atoms with van der Waals surface area (Å²) >= 11 is 0. The molecule has 3 aromatic carbocycles. The van der Waals surface area contributed by atoms with E-state index in [-0.39, 0.29) is 30.9 Å². The lowest BCUT2D eigenvalue weighted by Crippen LogP contribution is -2.24. The number of halogens is 1. The first-order valence-electron chi connectivity index (χ1n) is 10.2. The van der Waals surface area contributed by atoms with Crippen LogP contribution < -0.4 is 20.1 Å². The number of carbonyl (C=O) groups is 2. The highest BCUT2D eigenvalue weighted by Crippen LogP contribution is 2.26. The number of hydrogen-bond donors (Lipinski definition) is 2.